The topological polar surface area (TPSA) is 54.9 Å². The first kappa shape index (κ1) is 19.9. The van der Waals surface area contributed by atoms with Crippen molar-refractivity contribution in [2.75, 3.05) is 47.1 Å². The molecular weight excluding hydrogens is 369 g/mol. The fraction of sp³-hybridized carbons (Fsp3) is 0.929. The smallest absolute Gasteiger partial charge is 0.190 e. The maximum absolute atomic E-state index is 5.40. The lowest BCUT2D eigenvalue weighted by Crippen LogP contribution is -2.38. The highest BCUT2D eigenvalue weighted by molar-refractivity contribution is 14.0. The van der Waals surface area contributed by atoms with E-state index in [0.717, 1.165) is 38.0 Å². The van der Waals surface area contributed by atoms with Crippen LogP contribution in [0.3, 0.4) is 0 Å². The van der Waals surface area contributed by atoms with Crippen LogP contribution in [-0.4, -0.2) is 53.0 Å². The summed E-state index contributed by atoms with van der Waals surface area (Å²) in [6, 6.07) is 0. The van der Waals surface area contributed by atoms with Crippen LogP contribution in [-0.2, 0) is 9.47 Å². The van der Waals surface area contributed by atoms with Crippen LogP contribution in [0.15, 0.2) is 4.99 Å². The molecule has 1 rings (SSSR count). The van der Waals surface area contributed by atoms with Gasteiger partial charge in [0, 0.05) is 33.9 Å². The average molecular weight is 399 g/mol. The van der Waals surface area contributed by atoms with Crippen molar-refractivity contribution in [3.8, 4) is 0 Å². The van der Waals surface area contributed by atoms with Crippen LogP contribution in [0, 0.1) is 5.92 Å². The second kappa shape index (κ2) is 13.9. The van der Waals surface area contributed by atoms with E-state index in [0.29, 0.717) is 13.2 Å². The highest BCUT2D eigenvalue weighted by Gasteiger charge is 2.19. The van der Waals surface area contributed by atoms with Crippen molar-refractivity contribution in [2.45, 2.75) is 32.1 Å². The van der Waals surface area contributed by atoms with Crippen LogP contribution < -0.4 is 10.6 Å². The Morgan fingerprint density at radius 3 is 2.40 bits per heavy atom. The molecule has 1 aliphatic carbocycles. The van der Waals surface area contributed by atoms with Crippen molar-refractivity contribution >= 4 is 29.9 Å². The fourth-order valence-corrected chi connectivity index (χ4v) is 1.85. The van der Waals surface area contributed by atoms with Gasteiger partial charge in [-0.25, -0.2) is 0 Å². The molecule has 1 saturated carbocycles. The number of aliphatic imine (C=N–C) groups is 1. The number of methoxy groups -OCH3 is 1. The summed E-state index contributed by atoms with van der Waals surface area (Å²) in [6.45, 7) is 3.99. The van der Waals surface area contributed by atoms with E-state index in [-0.39, 0.29) is 24.0 Å². The number of nitrogens with zero attached hydrogens (tertiary/aromatic N) is 1. The Morgan fingerprint density at radius 2 is 1.80 bits per heavy atom. The molecular formula is C14H30IN3O2. The molecule has 0 bridgehead atoms. The molecule has 6 heteroatoms. The van der Waals surface area contributed by atoms with Crippen LogP contribution >= 0.6 is 24.0 Å². The summed E-state index contributed by atoms with van der Waals surface area (Å²) in [5, 5.41) is 6.63. The predicted molar refractivity (Wildman–Crippen MR) is 94.0 cm³/mol. The molecule has 0 atom stereocenters. The summed E-state index contributed by atoms with van der Waals surface area (Å²) >= 11 is 0. The van der Waals surface area contributed by atoms with Gasteiger partial charge in [-0.1, -0.05) is 12.8 Å². The van der Waals surface area contributed by atoms with Crippen molar-refractivity contribution in [1.82, 2.24) is 10.6 Å². The van der Waals surface area contributed by atoms with Gasteiger partial charge in [0.1, 0.15) is 0 Å². The Labute approximate surface area is 140 Å². The number of halogens is 1. The summed E-state index contributed by atoms with van der Waals surface area (Å²) in [5.74, 6) is 1.91. The molecule has 0 aromatic heterocycles. The Kier molecular flexibility index (Phi) is 13.8. The van der Waals surface area contributed by atoms with E-state index in [4.69, 9.17) is 9.47 Å². The van der Waals surface area contributed by atoms with Gasteiger partial charge >= 0.3 is 0 Å². The normalized spacial score (nSPS) is 14.8. The second-order valence-electron chi connectivity index (χ2n) is 4.97. The average Bonchev–Trinajstić information content (AvgIpc) is 3.24. The molecule has 0 radical (unpaired) electrons. The highest BCUT2D eigenvalue weighted by atomic mass is 127. The van der Waals surface area contributed by atoms with E-state index in [1.807, 2.05) is 7.05 Å². The summed E-state index contributed by atoms with van der Waals surface area (Å²) in [5.41, 5.74) is 0. The number of ether oxygens (including phenoxy) is 2. The summed E-state index contributed by atoms with van der Waals surface area (Å²) in [4.78, 5) is 4.20. The van der Waals surface area contributed by atoms with E-state index < -0.39 is 0 Å². The van der Waals surface area contributed by atoms with Gasteiger partial charge in [0.2, 0.25) is 0 Å². The maximum Gasteiger partial charge on any atom is 0.190 e. The number of hydrogen-bond acceptors (Lipinski definition) is 3. The molecule has 20 heavy (non-hydrogen) atoms. The minimum absolute atomic E-state index is 0. The largest absolute Gasteiger partial charge is 0.382 e. The monoisotopic (exact) mass is 399 g/mol. The predicted octanol–water partition coefficient (Wildman–Crippen LogP) is 2.01. The lowest BCUT2D eigenvalue weighted by Gasteiger charge is -2.11. The molecule has 0 heterocycles. The Morgan fingerprint density at radius 1 is 1.10 bits per heavy atom. The van der Waals surface area contributed by atoms with Crippen LogP contribution in [0.25, 0.3) is 0 Å². The van der Waals surface area contributed by atoms with Crippen LogP contribution in [0.1, 0.15) is 32.1 Å². The lowest BCUT2D eigenvalue weighted by molar-refractivity contribution is 0.0698. The van der Waals surface area contributed by atoms with Gasteiger partial charge in [-0.2, -0.15) is 0 Å². The maximum atomic E-state index is 5.40. The molecule has 0 spiro atoms. The molecule has 0 unspecified atom stereocenters. The number of rotatable bonds is 11. The third kappa shape index (κ3) is 11.7. The summed E-state index contributed by atoms with van der Waals surface area (Å²) < 4.78 is 10.3. The Balaban J connectivity index is 0.00000361. The summed E-state index contributed by atoms with van der Waals surface area (Å²) in [6.07, 6.45) is 6.46. The molecule has 2 N–H and O–H groups in total. The number of hydrogen-bond donors (Lipinski definition) is 2. The fourth-order valence-electron chi connectivity index (χ4n) is 1.85. The van der Waals surface area contributed by atoms with Crippen molar-refractivity contribution in [2.24, 2.45) is 10.9 Å². The third-order valence-electron chi connectivity index (χ3n) is 3.19. The van der Waals surface area contributed by atoms with E-state index in [1.54, 1.807) is 7.11 Å². The minimum Gasteiger partial charge on any atom is -0.382 e. The van der Waals surface area contributed by atoms with Gasteiger partial charge in [-0.15, -0.1) is 24.0 Å². The van der Waals surface area contributed by atoms with Gasteiger partial charge in [0.05, 0.1) is 13.2 Å². The Bertz CT molecular complexity index is 249. The molecule has 0 aromatic carbocycles. The molecule has 0 amide bonds. The molecule has 0 aromatic rings. The number of guanidine groups is 1. The SMILES string of the molecule is CN=C(NCCCOCCOC)NCCCC1CC1.I. The number of nitrogens with one attached hydrogen (secondary N) is 2. The lowest BCUT2D eigenvalue weighted by atomic mass is 10.2. The first-order valence-electron chi connectivity index (χ1n) is 7.38. The molecule has 1 aliphatic rings. The van der Waals surface area contributed by atoms with Crippen LogP contribution in [0.2, 0.25) is 0 Å². The molecule has 120 valence electrons. The van der Waals surface area contributed by atoms with Crippen molar-refractivity contribution in [1.29, 1.82) is 0 Å². The van der Waals surface area contributed by atoms with Crippen molar-refractivity contribution < 1.29 is 9.47 Å². The van der Waals surface area contributed by atoms with Crippen LogP contribution in [0.4, 0.5) is 0 Å². The molecule has 0 saturated heterocycles. The van der Waals surface area contributed by atoms with E-state index >= 15 is 0 Å². The van der Waals surface area contributed by atoms with Gasteiger partial charge in [0.15, 0.2) is 5.96 Å². The third-order valence-corrected chi connectivity index (χ3v) is 3.19. The zero-order chi connectivity index (χ0) is 13.8. The van der Waals surface area contributed by atoms with Gasteiger partial charge < -0.3 is 20.1 Å². The van der Waals surface area contributed by atoms with Gasteiger partial charge in [0.25, 0.3) is 0 Å². The van der Waals surface area contributed by atoms with Crippen molar-refractivity contribution in [3.63, 3.8) is 0 Å². The standard InChI is InChI=1S/C14H29N3O2.HI/c1-15-14(16-8-3-5-13-6-7-13)17-9-4-10-19-12-11-18-2;/h13H,3-12H2,1-2H3,(H2,15,16,17);1H. The van der Waals surface area contributed by atoms with Crippen molar-refractivity contribution in [3.05, 3.63) is 0 Å². The first-order valence-corrected chi connectivity index (χ1v) is 7.38. The van der Waals surface area contributed by atoms with E-state index in [1.165, 1.54) is 25.7 Å². The second-order valence-corrected chi connectivity index (χ2v) is 4.97. The Hall–Kier alpha value is -0.0800. The molecule has 0 aliphatic heterocycles. The van der Waals surface area contributed by atoms with Gasteiger partial charge in [-0.3, -0.25) is 4.99 Å². The molecule has 5 nitrogen and oxygen atoms in total. The van der Waals surface area contributed by atoms with E-state index in [2.05, 4.69) is 15.6 Å². The highest BCUT2D eigenvalue weighted by Crippen LogP contribution is 2.33. The minimum atomic E-state index is 0. The van der Waals surface area contributed by atoms with Crippen LogP contribution in [0.5, 0.6) is 0 Å². The summed E-state index contributed by atoms with van der Waals surface area (Å²) in [7, 11) is 3.50. The van der Waals surface area contributed by atoms with E-state index in [9.17, 15) is 0 Å². The zero-order valence-corrected chi connectivity index (χ0v) is 15.2. The molecule has 1 fully saturated rings. The quantitative estimate of drug-likeness (QED) is 0.242. The first-order chi connectivity index (χ1) is 9.36. The van der Waals surface area contributed by atoms with Gasteiger partial charge in [-0.05, 0) is 25.2 Å². The zero-order valence-electron chi connectivity index (χ0n) is 12.8.